The van der Waals surface area contributed by atoms with Crippen molar-refractivity contribution >= 4 is 29.2 Å². The van der Waals surface area contributed by atoms with Crippen molar-refractivity contribution in [3.05, 3.63) is 10.6 Å². The molecule has 3 nitrogen and oxygen atoms in total. The minimum Gasteiger partial charge on any atom is -0.480 e. The Morgan fingerprint density at radius 3 is 2.60 bits per heavy atom. The van der Waals surface area contributed by atoms with Gasteiger partial charge in [-0.1, -0.05) is 23.2 Å². The molecule has 1 N–H and O–H groups in total. The fourth-order valence-corrected chi connectivity index (χ4v) is 0.407. The van der Waals surface area contributed by atoms with E-state index < -0.39 is 5.97 Å². The van der Waals surface area contributed by atoms with E-state index in [1.54, 1.807) is 0 Å². The number of rotatable bonds is 4. The molecule has 0 spiro atoms. The van der Waals surface area contributed by atoms with Crippen molar-refractivity contribution < 1.29 is 14.6 Å². The second-order valence-electron chi connectivity index (χ2n) is 1.44. The van der Waals surface area contributed by atoms with Gasteiger partial charge in [0.1, 0.15) is 6.61 Å². The fraction of sp³-hybridized carbons (Fsp3) is 0.400. The predicted molar refractivity (Wildman–Crippen MR) is 38.2 cm³/mol. The first-order valence-corrected chi connectivity index (χ1v) is 3.22. The van der Waals surface area contributed by atoms with E-state index >= 15 is 0 Å². The summed E-state index contributed by atoms with van der Waals surface area (Å²) in [6.07, 6.45) is 0. The highest BCUT2D eigenvalue weighted by Crippen LogP contribution is 2.02. The molecule has 0 heterocycles. The zero-order valence-electron chi connectivity index (χ0n) is 5.01. The minimum atomic E-state index is -1.03. The van der Waals surface area contributed by atoms with Crippen LogP contribution in [0, 0.1) is 0 Å². The third-order valence-electron chi connectivity index (χ3n) is 0.584. The summed E-state index contributed by atoms with van der Waals surface area (Å²) in [5.41, 5.74) is 1.13. The summed E-state index contributed by atoms with van der Waals surface area (Å²) in [7, 11) is 0. The average molecular weight is 185 g/mol. The van der Waals surface area contributed by atoms with E-state index in [0.29, 0.717) is 0 Å². The van der Waals surface area contributed by atoms with Gasteiger partial charge in [-0.25, -0.2) is 4.79 Å². The highest BCUT2D eigenvalue weighted by atomic mass is 35.5. The van der Waals surface area contributed by atoms with E-state index in [1.807, 2.05) is 0 Å². The highest BCUT2D eigenvalue weighted by Gasteiger charge is 1.96. The number of aliphatic carboxylic acids is 1. The van der Waals surface area contributed by atoms with E-state index in [-0.39, 0.29) is 18.2 Å². The van der Waals surface area contributed by atoms with Gasteiger partial charge in [0.05, 0.1) is 11.6 Å². The van der Waals surface area contributed by atoms with E-state index in [4.69, 9.17) is 28.3 Å². The summed E-state index contributed by atoms with van der Waals surface area (Å²) in [4.78, 5) is 9.85. The van der Waals surface area contributed by atoms with Gasteiger partial charge in [0.15, 0.2) is 0 Å². The summed E-state index contributed by atoms with van der Waals surface area (Å²) in [5.74, 6) is -1.03. The monoisotopic (exact) mass is 184 g/mol. The molecule has 0 rings (SSSR count). The highest BCUT2D eigenvalue weighted by molar-refractivity contribution is 6.36. The van der Waals surface area contributed by atoms with E-state index in [9.17, 15) is 4.79 Å². The van der Waals surface area contributed by atoms with Crippen LogP contribution in [-0.2, 0) is 9.53 Å². The van der Waals surface area contributed by atoms with E-state index in [0.717, 1.165) is 5.54 Å². The SMILES string of the molecule is O=C(O)COC/C(Cl)=C/Cl. The van der Waals surface area contributed by atoms with Gasteiger partial charge in [-0.2, -0.15) is 0 Å². The van der Waals surface area contributed by atoms with Crippen molar-refractivity contribution in [3.8, 4) is 0 Å². The van der Waals surface area contributed by atoms with Crippen molar-refractivity contribution in [2.75, 3.05) is 13.2 Å². The first-order valence-electron chi connectivity index (χ1n) is 2.41. The topological polar surface area (TPSA) is 46.5 Å². The van der Waals surface area contributed by atoms with Crippen LogP contribution < -0.4 is 0 Å². The summed E-state index contributed by atoms with van der Waals surface area (Å²) in [6, 6.07) is 0. The molecule has 0 bridgehead atoms. The van der Waals surface area contributed by atoms with Crippen LogP contribution in [0.4, 0.5) is 0 Å². The van der Waals surface area contributed by atoms with Crippen LogP contribution in [0.2, 0.25) is 0 Å². The second-order valence-corrected chi connectivity index (χ2v) is 2.15. The maximum atomic E-state index is 9.85. The van der Waals surface area contributed by atoms with Gasteiger partial charge in [0.25, 0.3) is 0 Å². The maximum absolute atomic E-state index is 9.85. The Balaban J connectivity index is 3.29. The molecule has 0 aliphatic carbocycles. The Morgan fingerprint density at radius 2 is 2.20 bits per heavy atom. The van der Waals surface area contributed by atoms with Gasteiger partial charge in [0.2, 0.25) is 0 Å². The molecule has 0 atom stereocenters. The second kappa shape index (κ2) is 5.53. The summed E-state index contributed by atoms with van der Waals surface area (Å²) < 4.78 is 4.56. The van der Waals surface area contributed by atoms with Crippen LogP contribution in [0.25, 0.3) is 0 Å². The first kappa shape index (κ1) is 9.75. The fourth-order valence-electron chi connectivity index (χ4n) is 0.267. The molecule has 0 aromatic carbocycles. The van der Waals surface area contributed by atoms with Gasteiger partial charge in [-0.05, 0) is 0 Å². The lowest BCUT2D eigenvalue weighted by atomic mass is 10.6. The largest absolute Gasteiger partial charge is 0.480 e. The molecule has 5 heteroatoms. The molecule has 0 saturated heterocycles. The molecule has 0 amide bonds. The number of hydrogen-bond acceptors (Lipinski definition) is 2. The Bertz CT molecular complexity index is 144. The number of carbonyl (C=O) groups is 1. The van der Waals surface area contributed by atoms with Crippen molar-refractivity contribution in [2.45, 2.75) is 0 Å². The summed E-state index contributed by atoms with van der Waals surface area (Å²) in [5, 5.41) is 8.36. The molecule has 0 aromatic rings. The molecular formula is C5H6Cl2O3. The smallest absolute Gasteiger partial charge is 0.329 e. The Hall–Kier alpha value is -0.250. The Morgan fingerprint density at radius 1 is 1.60 bits per heavy atom. The third kappa shape index (κ3) is 5.88. The van der Waals surface area contributed by atoms with Crippen molar-refractivity contribution in [3.63, 3.8) is 0 Å². The van der Waals surface area contributed by atoms with Crippen LogP contribution >= 0.6 is 23.2 Å². The molecule has 0 fully saturated rings. The lowest BCUT2D eigenvalue weighted by Gasteiger charge is -1.96. The van der Waals surface area contributed by atoms with Gasteiger partial charge < -0.3 is 9.84 Å². The van der Waals surface area contributed by atoms with Gasteiger partial charge in [-0.3, -0.25) is 0 Å². The van der Waals surface area contributed by atoms with Crippen molar-refractivity contribution in [1.29, 1.82) is 0 Å². The molecule has 0 aliphatic heterocycles. The summed E-state index contributed by atoms with van der Waals surface area (Å²) in [6.45, 7) is -0.321. The number of ether oxygens (including phenoxy) is 1. The molecule has 0 aliphatic rings. The first-order chi connectivity index (χ1) is 4.66. The number of carboxylic acids is 1. The minimum absolute atomic E-state index is 0.0390. The molecule has 0 saturated carbocycles. The Labute approximate surface area is 68.2 Å². The molecule has 0 unspecified atom stereocenters. The normalized spacial score (nSPS) is 11.6. The number of carboxylic acid groups (broad SMARTS) is 1. The van der Waals surface area contributed by atoms with E-state index in [1.165, 1.54) is 0 Å². The summed E-state index contributed by atoms with van der Waals surface area (Å²) >= 11 is 10.5. The lowest BCUT2D eigenvalue weighted by molar-refractivity contribution is -0.141. The number of hydrogen-bond donors (Lipinski definition) is 1. The molecule has 58 valence electrons. The lowest BCUT2D eigenvalue weighted by Crippen LogP contribution is -2.07. The van der Waals surface area contributed by atoms with Gasteiger partial charge in [0, 0.05) is 5.54 Å². The molecule has 0 aromatic heterocycles. The van der Waals surface area contributed by atoms with Crippen molar-refractivity contribution in [2.24, 2.45) is 0 Å². The maximum Gasteiger partial charge on any atom is 0.329 e. The van der Waals surface area contributed by atoms with Gasteiger partial charge >= 0.3 is 5.97 Å². The quantitative estimate of drug-likeness (QED) is 0.719. The van der Waals surface area contributed by atoms with Crippen LogP contribution in [0.5, 0.6) is 0 Å². The van der Waals surface area contributed by atoms with E-state index in [2.05, 4.69) is 4.74 Å². The third-order valence-corrected chi connectivity index (χ3v) is 1.18. The van der Waals surface area contributed by atoms with Gasteiger partial charge in [-0.15, -0.1) is 0 Å². The molecule has 10 heavy (non-hydrogen) atoms. The van der Waals surface area contributed by atoms with Crippen LogP contribution in [0.3, 0.4) is 0 Å². The zero-order chi connectivity index (χ0) is 7.98. The standard InChI is InChI=1S/C5H6Cl2O3/c6-1-4(7)2-10-3-5(8)9/h1H,2-3H2,(H,8,9)/b4-1-. The van der Waals surface area contributed by atoms with Crippen molar-refractivity contribution in [1.82, 2.24) is 0 Å². The Kier molecular flexibility index (Phi) is 5.39. The van der Waals surface area contributed by atoms with Crippen LogP contribution in [0.15, 0.2) is 10.6 Å². The van der Waals surface area contributed by atoms with Crippen LogP contribution in [0.1, 0.15) is 0 Å². The number of halogens is 2. The average Bonchev–Trinajstić information content (AvgIpc) is 1.87. The molecule has 0 radical (unpaired) electrons. The van der Waals surface area contributed by atoms with Crippen LogP contribution in [-0.4, -0.2) is 24.3 Å². The predicted octanol–water partition coefficient (Wildman–Crippen LogP) is 1.41. The zero-order valence-corrected chi connectivity index (χ0v) is 6.52. The molecular weight excluding hydrogens is 179 g/mol.